The summed E-state index contributed by atoms with van der Waals surface area (Å²) in [5, 5.41) is 14.6. The maximum absolute atomic E-state index is 13.2. The third-order valence-corrected chi connectivity index (χ3v) is 7.46. The second-order valence-electron chi connectivity index (χ2n) is 8.54. The Hall–Kier alpha value is -2.38. The molecule has 1 aromatic carbocycles. The average molecular weight is 385 g/mol. The first-order valence-electron chi connectivity index (χ1n) is 9.85. The highest BCUT2D eigenvalue weighted by Gasteiger charge is 2.69. The standard InChI is InChI=1S/C21H24N2O5/c1-12-14-10-23(26)8-7-21(16-5-3-4-6-17(16)22-20(21)25)18(23)9-13(14)15(11-28-12)19(24)27-2/h3-6,11-14,18,26H,7-10H2,1-2H3/p+1/t12-,13-,14-,18+,21-,23?/m0/s1. The number of nitrogens with zero attached hydrogens (tertiary/aromatic N) is 1. The van der Waals surface area contributed by atoms with Crippen molar-refractivity contribution >= 4 is 17.6 Å². The van der Waals surface area contributed by atoms with Gasteiger partial charge >= 0.3 is 5.97 Å². The number of fused-ring (bicyclic) bond motifs is 5. The Morgan fingerprint density at radius 2 is 2.18 bits per heavy atom. The van der Waals surface area contributed by atoms with Gasteiger partial charge in [0.05, 0.1) is 24.9 Å². The molecule has 1 spiro atoms. The Bertz CT molecular complexity index is 899. The first-order valence-corrected chi connectivity index (χ1v) is 9.85. The van der Waals surface area contributed by atoms with Crippen LogP contribution in [0.25, 0.3) is 0 Å². The molecule has 4 aliphatic rings. The van der Waals surface area contributed by atoms with Crippen molar-refractivity contribution in [2.75, 3.05) is 25.5 Å². The lowest BCUT2D eigenvalue weighted by Gasteiger charge is -2.49. The molecule has 2 N–H and O–H groups in total. The van der Waals surface area contributed by atoms with Crippen LogP contribution < -0.4 is 5.32 Å². The monoisotopic (exact) mass is 385 g/mol. The van der Waals surface area contributed by atoms with E-state index in [1.54, 1.807) is 0 Å². The second-order valence-corrected chi connectivity index (χ2v) is 8.54. The second kappa shape index (κ2) is 5.81. The van der Waals surface area contributed by atoms with Gasteiger partial charge < -0.3 is 14.8 Å². The van der Waals surface area contributed by atoms with E-state index in [-0.39, 0.29) is 34.5 Å². The topological polar surface area (TPSA) is 84.9 Å². The zero-order valence-electron chi connectivity index (χ0n) is 16.1. The number of methoxy groups -OCH3 is 1. The van der Waals surface area contributed by atoms with Crippen LogP contribution in [0.1, 0.15) is 25.3 Å². The normalized spacial score (nSPS) is 40.7. The van der Waals surface area contributed by atoms with Gasteiger partial charge in [0, 0.05) is 24.4 Å². The molecule has 1 amide bonds. The molecule has 4 heterocycles. The Balaban J connectivity index is 1.60. The molecule has 1 unspecified atom stereocenters. The summed E-state index contributed by atoms with van der Waals surface area (Å²) in [6.07, 6.45) is 2.53. The van der Waals surface area contributed by atoms with Crippen LogP contribution in [0.15, 0.2) is 36.1 Å². The minimum absolute atomic E-state index is 0.00444. The predicted molar refractivity (Wildman–Crippen MR) is 99.2 cm³/mol. The molecule has 4 aliphatic heterocycles. The van der Waals surface area contributed by atoms with Gasteiger partial charge in [-0.15, -0.1) is 0 Å². The lowest BCUT2D eigenvalue weighted by Crippen LogP contribution is -2.64. The molecular weight excluding hydrogens is 360 g/mol. The molecule has 6 atom stereocenters. The largest absolute Gasteiger partial charge is 0.497 e. The number of para-hydroxylation sites is 1. The van der Waals surface area contributed by atoms with Crippen molar-refractivity contribution in [1.82, 2.24) is 0 Å². The zero-order chi connectivity index (χ0) is 19.7. The van der Waals surface area contributed by atoms with Gasteiger partial charge in [0.25, 0.3) is 0 Å². The van der Waals surface area contributed by atoms with Crippen LogP contribution in [-0.4, -0.2) is 54.1 Å². The average Bonchev–Trinajstić information content (AvgIpc) is 3.16. The smallest absolute Gasteiger partial charge is 0.337 e. The number of anilines is 1. The molecule has 5 rings (SSSR count). The molecule has 0 bridgehead atoms. The molecule has 28 heavy (non-hydrogen) atoms. The number of esters is 1. The molecule has 1 aromatic rings. The van der Waals surface area contributed by atoms with E-state index in [2.05, 4.69) is 5.32 Å². The summed E-state index contributed by atoms with van der Waals surface area (Å²) in [6.45, 7) is 2.94. The van der Waals surface area contributed by atoms with E-state index in [9.17, 15) is 14.8 Å². The Morgan fingerprint density at radius 3 is 2.96 bits per heavy atom. The van der Waals surface area contributed by atoms with Crippen LogP contribution in [0, 0.1) is 11.8 Å². The van der Waals surface area contributed by atoms with Crippen molar-refractivity contribution in [3.05, 3.63) is 41.7 Å². The Kier molecular flexibility index (Phi) is 3.67. The highest BCUT2D eigenvalue weighted by molar-refractivity contribution is 6.07. The van der Waals surface area contributed by atoms with Crippen molar-refractivity contribution in [2.45, 2.75) is 37.3 Å². The number of benzene rings is 1. The number of hydrogen-bond acceptors (Lipinski definition) is 5. The lowest BCUT2D eigenvalue weighted by molar-refractivity contribution is -1.12. The summed E-state index contributed by atoms with van der Waals surface area (Å²) in [4.78, 5) is 25.5. The predicted octanol–water partition coefficient (Wildman–Crippen LogP) is 1.97. The zero-order valence-corrected chi connectivity index (χ0v) is 16.1. The number of carbonyl (C=O) groups is 2. The van der Waals surface area contributed by atoms with Gasteiger partial charge in [0.2, 0.25) is 5.91 Å². The Morgan fingerprint density at radius 1 is 1.39 bits per heavy atom. The fraction of sp³-hybridized carbons (Fsp3) is 0.524. The van der Waals surface area contributed by atoms with Gasteiger partial charge in [-0.25, -0.2) is 10.0 Å². The minimum Gasteiger partial charge on any atom is -0.497 e. The number of amides is 1. The first-order chi connectivity index (χ1) is 13.4. The molecule has 148 valence electrons. The third kappa shape index (κ3) is 2.11. The van der Waals surface area contributed by atoms with Crippen molar-refractivity contribution in [1.29, 1.82) is 0 Å². The molecule has 0 radical (unpaired) electrons. The minimum atomic E-state index is -0.765. The number of quaternary nitrogens is 1. The van der Waals surface area contributed by atoms with Crippen molar-refractivity contribution in [2.24, 2.45) is 11.8 Å². The number of nitrogens with one attached hydrogen (secondary N) is 1. The fourth-order valence-corrected chi connectivity index (χ4v) is 6.06. The molecule has 0 aliphatic carbocycles. The lowest BCUT2D eigenvalue weighted by atomic mass is 9.66. The Labute approximate surface area is 163 Å². The fourth-order valence-electron chi connectivity index (χ4n) is 6.06. The van der Waals surface area contributed by atoms with Crippen LogP contribution in [0.5, 0.6) is 0 Å². The SMILES string of the molecule is COC(=O)C1=CO[C@@H](C)[C@@H]2C[N+]3(O)CC[C@@]4(C(=O)Nc5ccccc54)[C@H]3C[C@H]12. The molecule has 2 fully saturated rings. The third-order valence-electron chi connectivity index (χ3n) is 7.46. The van der Waals surface area contributed by atoms with E-state index in [4.69, 9.17) is 9.47 Å². The van der Waals surface area contributed by atoms with Gasteiger partial charge in [-0.2, -0.15) is 4.65 Å². The van der Waals surface area contributed by atoms with Crippen LogP contribution >= 0.6 is 0 Å². The summed E-state index contributed by atoms with van der Waals surface area (Å²) in [6, 6.07) is 7.43. The summed E-state index contributed by atoms with van der Waals surface area (Å²) in [5.74, 6) is -0.552. The van der Waals surface area contributed by atoms with E-state index < -0.39 is 11.4 Å². The van der Waals surface area contributed by atoms with E-state index in [1.807, 2.05) is 31.2 Å². The van der Waals surface area contributed by atoms with Gasteiger partial charge in [0.1, 0.15) is 30.7 Å². The number of ether oxygens (including phenoxy) is 2. The molecule has 2 saturated heterocycles. The van der Waals surface area contributed by atoms with E-state index >= 15 is 0 Å². The first kappa shape index (κ1) is 17.7. The number of rotatable bonds is 1. The summed E-state index contributed by atoms with van der Waals surface area (Å²) in [5.41, 5.74) is 1.53. The quantitative estimate of drug-likeness (QED) is 0.570. The van der Waals surface area contributed by atoms with Crippen LogP contribution in [0.3, 0.4) is 0 Å². The van der Waals surface area contributed by atoms with Gasteiger partial charge in [-0.1, -0.05) is 18.2 Å². The van der Waals surface area contributed by atoms with Crippen LogP contribution in [0.4, 0.5) is 5.69 Å². The maximum Gasteiger partial charge on any atom is 0.337 e. The van der Waals surface area contributed by atoms with E-state index in [0.29, 0.717) is 31.5 Å². The van der Waals surface area contributed by atoms with Crippen molar-refractivity contribution in [3.63, 3.8) is 0 Å². The van der Waals surface area contributed by atoms with Crippen molar-refractivity contribution in [3.8, 4) is 0 Å². The molecule has 7 heteroatoms. The number of hydroxylamine groups is 3. The molecule has 7 nitrogen and oxygen atoms in total. The van der Waals surface area contributed by atoms with Gasteiger partial charge in [0.15, 0.2) is 0 Å². The maximum atomic E-state index is 13.2. The summed E-state index contributed by atoms with van der Waals surface area (Å²) in [7, 11) is 1.36. The van der Waals surface area contributed by atoms with Crippen LogP contribution in [-0.2, 0) is 24.5 Å². The number of carbonyl (C=O) groups excluding carboxylic acids is 2. The van der Waals surface area contributed by atoms with Crippen LogP contribution in [0.2, 0.25) is 0 Å². The number of hydrogen-bond donors (Lipinski definition) is 2. The molecular formula is C21H25N2O5+. The summed E-state index contributed by atoms with van der Waals surface area (Å²) < 4.78 is 10.5. The van der Waals surface area contributed by atoms with Gasteiger partial charge in [-0.05, 0) is 18.6 Å². The molecule has 0 saturated carbocycles. The summed E-state index contributed by atoms with van der Waals surface area (Å²) >= 11 is 0. The van der Waals surface area contributed by atoms with E-state index in [0.717, 1.165) is 11.3 Å². The highest BCUT2D eigenvalue weighted by Crippen LogP contribution is 2.56. The van der Waals surface area contributed by atoms with Gasteiger partial charge in [-0.3, -0.25) is 4.79 Å². The van der Waals surface area contributed by atoms with Crippen molar-refractivity contribution < 1.29 is 28.9 Å². The van der Waals surface area contributed by atoms with E-state index in [1.165, 1.54) is 13.4 Å². The number of piperidine rings is 1. The highest BCUT2D eigenvalue weighted by atomic mass is 16.6. The molecule has 0 aromatic heterocycles.